The van der Waals surface area contributed by atoms with Crippen LogP contribution in [0.2, 0.25) is 0 Å². The molecule has 120 valence electrons. The molecule has 1 aliphatic heterocycles. The van der Waals surface area contributed by atoms with Gasteiger partial charge in [-0.3, -0.25) is 0 Å². The minimum atomic E-state index is -1.17. The third-order valence-electron chi connectivity index (χ3n) is 4.16. The molecule has 0 aromatic carbocycles. The lowest BCUT2D eigenvalue weighted by Gasteiger charge is -2.36. The van der Waals surface area contributed by atoms with Crippen LogP contribution in [0.3, 0.4) is 0 Å². The summed E-state index contributed by atoms with van der Waals surface area (Å²) in [5.41, 5.74) is 6.79. The van der Waals surface area contributed by atoms with E-state index in [0.717, 1.165) is 5.57 Å². The van der Waals surface area contributed by atoms with E-state index in [1.54, 1.807) is 19.1 Å². The van der Waals surface area contributed by atoms with Gasteiger partial charge in [-0.15, -0.1) is 0 Å². The third kappa shape index (κ3) is 2.76. The molecule has 1 heterocycles. The first kappa shape index (κ1) is 16.6. The first-order chi connectivity index (χ1) is 10.3. The van der Waals surface area contributed by atoms with E-state index in [1.165, 1.54) is 14.2 Å². The van der Waals surface area contributed by atoms with Gasteiger partial charge in [0.2, 0.25) is 0 Å². The molecule has 6 heteroatoms. The molecule has 2 aliphatic rings. The second-order valence-electron chi connectivity index (χ2n) is 5.65. The molecule has 0 bridgehead atoms. The highest BCUT2D eigenvalue weighted by molar-refractivity contribution is 6.40. The number of nitrogens with zero attached hydrogens (tertiary/aromatic N) is 1. The van der Waals surface area contributed by atoms with Crippen LogP contribution in [0.5, 0.6) is 0 Å². The molecule has 1 aliphatic carbocycles. The van der Waals surface area contributed by atoms with Crippen LogP contribution in [0.15, 0.2) is 40.1 Å². The summed E-state index contributed by atoms with van der Waals surface area (Å²) in [7, 11) is 2.70. The number of carbonyl (C=O) groups is 1. The van der Waals surface area contributed by atoms with Gasteiger partial charge in [-0.1, -0.05) is 17.7 Å². The van der Waals surface area contributed by atoms with Gasteiger partial charge in [-0.05, 0) is 19.9 Å². The minimum absolute atomic E-state index is 0.0434. The van der Waals surface area contributed by atoms with Crippen molar-refractivity contribution in [3.05, 3.63) is 35.1 Å². The van der Waals surface area contributed by atoms with E-state index in [9.17, 15) is 9.18 Å². The summed E-state index contributed by atoms with van der Waals surface area (Å²) in [6, 6.07) is -0.640. The molecule has 0 aromatic rings. The normalized spacial score (nSPS) is 31.7. The van der Waals surface area contributed by atoms with Crippen LogP contribution in [-0.2, 0) is 14.3 Å². The molecule has 0 amide bonds. The summed E-state index contributed by atoms with van der Waals surface area (Å²) < 4.78 is 24.4. The van der Waals surface area contributed by atoms with Gasteiger partial charge >= 0.3 is 5.97 Å². The van der Waals surface area contributed by atoms with Gasteiger partial charge in [-0.25, -0.2) is 14.2 Å². The van der Waals surface area contributed by atoms with Crippen LogP contribution < -0.4 is 5.73 Å². The number of allylic oxidation sites excluding steroid dienone is 4. The molecular formula is C16H21FN2O3. The largest absolute Gasteiger partial charge is 0.464 e. The molecule has 0 radical (unpaired) electrons. The van der Waals surface area contributed by atoms with Crippen LogP contribution in [-0.4, -0.2) is 43.7 Å². The SMILES string of the molecule is COC(=O)C1=NC(C2=CC=C(C)CC2F)=CC(N)C1(C)OC. The van der Waals surface area contributed by atoms with Gasteiger partial charge in [0.05, 0.1) is 18.8 Å². The Morgan fingerprint density at radius 1 is 1.45 bits per heavy atom. The van der Waals surface area contributed by atoms with Crippen molar-refractivity contribution in [3.8, 4) is 0 Å². The van der Waals surface area contributed by atoms with E-state index in [0.29, 0.717) is 17.7 Å². The van der Waals surface area contributed by atoms with Crippen LogP contribution in [0.4, 0.5) is 4.39 Å². The topological polar surface area (TPSA) is 73.9 Å². The fourth-order valence-corrected chi connectivity index (χ4v) is 2.54. The van der Waals surface area contributed by atoms with Crippen molar-refractivity contribution in [1.82, 2.24) is 0 Å². The number of alkyl halides is 1. The lowest BCUT2D eigenvalue weighted by molar-refractivity contribution is -0.134. The average Bonchev–Trinajstić information content (AvgIpc) is 2.49. The van der Waals surface area contributed by atoms with Crippen molar-refractivity contribution in [2.75, 3.05) is 14.2 Å². The maximum absolute atomic E-state index is 14.3. The molecule has 0 spiro atoms. The number of halogens is 1. The van der Waals surface area contributed by atoms with Crippen molar-refractivity contribution in [1.29, 1.82) is 0 Å². The fourth-order valence-electron chi connectivity index (χ4n) is 2.54. The van der Waals surface area contributed by atoms with E-state index in [4.69, 9.17) is 15.2 Å². The van der Waals surface area contributed by atoms with Crippen molar-refractivity contribution >= 4 is 11.7 Å². The lowest BCUT2D eigenvalue weighted by Crippen LogP contribution is -2.56. The summed E-state index contributed by atoms with van der Waals surface area (Å²) in [6.45, 7) is 3.53. The monoisotopic (exact) mass is 308 g/mol. The first-order valence-corrected chi connectivity index (χ1v) is 7.05. The van der Waals surface area contributed by atoms with E-state index < -0.39 is 23.8 Å². The second-order valence-corrected chi connectivity index (χ2v) is 5.65. The quantitative estimate of drug-likeness (QED) is 0.807. The smallest absolute Gasteiger partial charge is 0.355 e. The summed E-state index contributed by atoms with van der Waals surface area (Å²) in [4.78, 5) is 16.3. The van der Waals surface area contributed by atoms with Gasteiger partial charge in [0, 0.05) is 19.1 Å². The number of aliphatic imine (C=N–C) groups is 1. The first-order valence-electron chi connectivity index (χ1n) is 7.05. The van der Waals surface area contributed by atoms with Crippen LogP contribution in [0.1, 0.15) is 20.3 Å². The summed E-state index contributed by atoms with van der Waals surface area (Å²) >= 11 is 0. The molecule has 2 rings (SSSR count). The van der Waals surface area contributed by atoms with Crippen LogP contribution in [0.25, 0.3) is 0 Å². The summed E-state index contributed by atoms with van der Waals surface area (Å²) in [6.07, 6.45) is 4.29. The fraction of sp³-hybridized carbons (Fsp3) is 0.500. The maximum atomic E-state index is 14.3. The Hall–Kier alpha value is -1.79. The lowest BCUT2D eigenvalue weighted by atomic mass is 9.85. The Morgan fingerprint density at radius 3 is 2.68 bits per heavy atom. The number of carbonyl (C=O) groups excluding carboxylic acids is 1. The minimum Gasteiger partial charge on any atom is -0.464 e. The van der Waals surface area contributed by atoms with E-state index in [2.05, 4.69) is 4.99 Å². The van der Waals surface area contributed by atoms with Gasteiger partial charge in [0.15, 0.2) is 5.71 Å². The predicted octanol–water partition coefficient (Wildman–Crippen LogP) is 1.84. The Bertz CT molecular complexity index is 607. The Balaban J connectivity index is 2.49. The highest BCUT2D eigenvalue weighted by atomic mass is 19.1. The number of nitrogens with two attached hydrogens (primary N) is 1. The van der Waals surface area contributed by atoms with Crippen LogP contribution in [0, 0.1) is 0 Å². The molecule has 0 fully saturated rings. The van der Waals surface area contributed by atoms with Gasteiger partial charge in [0.25, 0.3) is 0 Å². The number of hydrogen-bond acceptors (Lipinski definition) is 5. The van der Waals surface area contributed by atoms with Crippen molar-refractivity contribution in [2.24, 2.45) is 10.7 Å². The molecule has 2 N–H and O–H groups in total. The molecule has 3 unspecified atom stereocenters. The van der Waals surface area contributed by atoms with E-state index in [-0.39, 0.29) is 5.71 Å². The standard InChI is InChI=1S/C16H21FN2O3/c1-9-5-6-10(11(17)7-9)12-8-13(18)16(2,22-4)14(19-12)15(20)21-3/h5-6,8,11,13H,7,18H2,1-4H3. The van der Waals surface area contributed by atoms with Crippen molar-refractivity contribution in [2.45, 2.75) is 38.1 Å². The van der Waals surface area contributed by atoms with Crippen LogP contribution >= 0.6 is 0 Å². The van der Waals surface area contributed by atoms with Crippen molar-refractivity contribution < 1.29 is 18.7 Å². The highest BCUT2D eigenvalue weighted by Crippen LogP contribution is 2.33. The molecule has 0 saturated carbocycles. The number of hydrogen-bond donors (Lipinski definition) is 1. The molecule has 5 nitrogen and oxygen atoms in total. The van der Waals surface area contributed by atoms with Crippen molar-refractivity contribution in [3.63, 3.8) is 0 Å². The molecule has 22 heavy (non-hydrogen) atoms. The van der Waals surface area contributed by atoms with Gasteiger partial charge in [-0.2, -0.15) is 0 Å². The predicted molar refractivity (Wildman–Crippen MR) is 82.3 cm³/mol. The second kappa shape index (κ2) is 6.14. The average molecular weight is 308 g/mol. The number of esters is 1. The van der Waals surface area contributed by atoms with Gasteiger partial charge < -0.3 is 15.2 Å². The molecule has 3 atom stereocenters. The number of methoxy groups -OCH3 is 2. The summed E-state index contributed by atoms with van der Waals surface area (Å²) in [5, 5.41) is 0. The van der Waals surface area contributed by atoms with E-state index >= 15 is 0 Å². The number of ether oxygens (including phenoxy) is 2. The zero-order valence-corrected chi connectivity index (χ0v) is 13.2. The Morgan fingerprint density at radius 2 is 2.14 bits per heavy atom. The highest BCUT2D eigenvalue weighted by Gasteiger charge is 2.44. The van der Waals surface area contributed by atoms with Gasteiger partial charge in [0.1, 0.15) is 11.8 Å². The molecule has 0 saturated heterocycles. The molecule has 0 aromatic heterocycles. The zero-order chi connectivity index (χ0) is 16.5. The summed E-state index contributed by atoms with van der Waals surface area (Å²) in [5.74, 6) is -0.635. The molecular weight excluding hydrogens is 287 g/mol. The Kier molecular flexibility index (Phi) is 4.63. The zero-order valence-electron chi connectivity index (χ0n) is 13.2. The Labute approximate surface area is 129 Å². The van der Waals surface area contributed by atoms with E-state index in [1.807, 2.05) is 13.0 Å². The maximum Gasteiger partial charge on any atom is 0.355 e. The number of rotatable bonds is 3. The third-order valence-corrected chi connectivity index (χ3v) is 4.16.